The van der Waals surface area contributed by atoms with Gasteiger partial charge in [-0.15, -0.1) is 22.7 Å². The van der Waals surface area contributed by atoms with Crippen LogP contribution >= 0.6 is 22.7 Å². The highest BCUT2D eigenvalue weighted by atomic mass is 32.2. The van der Waals surface area contributed by atoms with Crippen LogP contribution in [0.4, 0.5) is 0 Å². The molecule has 1 fully saturated rings. The van der Waals surface area contributed by atoms with Crippen molar-refractivity contribution in [2.75, 3.05) is 0 Å². The molecule has 0 aliphatic heterocycles. The molecule has 0 unspecified atom stereocenters. The summed E-state index contributed by atoms with van der Waals surface area (Å²) in [5.74, 6) is 0.745. The van der Waals surface area contributed by atoms with Crippen molar-refractivity contribution in [1.82, 2.24) is 0 Å². The number of carbonyl (C=O) groups is 1. The number of esters is 1. The van der Waals surface area contributed by atoms with E-state index in [2.05, 4.69) is 19.9 Å². The van der Waals surface area contributed by atoms with Gasteiger partial charge in [0.05, 0.1) is 4.01 Å². The largest absolute Gasteiger partial charge is 0.458 e. The highest BCUT2D eigenvalue weighted by Gasteiger charge is 2.25. The smallest absolute Gasteiger partial charge is 0.348 e. The lowest BCUT2D eigenvalue weighted by molar-refractivity contribution is 0.0166. The zero-order valence-electron chi connectivity index (χ0n) is 16.9. The highest BCUT2D eigenvalue weighted by molar-refractivity contribution is 7.39. The van der Waals surface area contributed by atoms with Crippen LogP contribution < -0.4 is 0 Å². The second-order valence-electron chi connectivity index (χ2n) is 8.07. The molecule has 27 heavy (non-hydrogen) atoms. The van der Waals surface area contributed by atoms with Gasteiger partial charge in [-0.1, -0.05) is 58.8 Å². The molecule has 0 radical (unpaired) electrons. The molecule has 150 valence electrons. The van der Waals surface area contributed by atoms with Crippen molar-refractivity contribution in [2.24, 2.45) is 5.92 Å². The van der Waals surface area contributed by atoms with Crippen molar-refractivity contribution in [3.63, 3.8) is 0 Å². The van der Waals surface area contributed by atoms with E-state index in [9.17, 15) is 4.79 Å². The fraction of sp³-hybridized carbons (Fsp3) is 0.696. The van der Waals surface area contributed by atoms with Crippen molar-refractivity contribution < 1.29 is 9.53 Å². The Morgan fingerprint density at radius 2 is 1.78 bits per heavy atom. The molecule has 2 nitrogen and oxygen atoms in total. The summed E-state index contributed by atoms with van der Waals surface area (Å²) in [5, 5.41) is 1.21. The molecule has 1 aliphatic carbocycles. The van der Waals surface area contributed by atoms with Gasteiger partial charge in [0.25, 0.3) is 0 Å². The lowest BCUT2D eigenvalue weighted by atomic mass is 9.84. The van der Waals surface area contributed by atoms with Gasteiger partial charge in [-0.25, -0.2) is 4.79 Å². The van der Waals surface area contributed by atoms with Crippen LogP contribution in [0.1, 0.15) is 99.0 Å². The molecule has 0 bridgehead atoms. The predicted molar refractivity (Wildman–Crippen MR) is 118 cm³/mol. The molecular formula is C23H34O2S2. The Bertz CT molecular complexity index is 676. The summed E-state index contributed by atoms with van der Waals surface area (Å²) in [4.78, 5) is 14.7. The quantitative estimate of drug-likeness (QED) is 0.295. The zero-order valence-corrected chi connectivity index (χ0v) is 18.6. The Hall–Kier alpha value is -0.870. The van der Waals surface area contributed by atoms with Crippen molar-refractivity contribution in [1.29, 1.82) is 0 Å². The molecule has 0 saturated heterocycles. The van der Waals surface area contributed by atoms with Gasteiger partial charge in [-0.3, -0.25) is 0 Å². The molecule has 1 saturated carbocycles. The number of carbonyl (C=O) groups excluding carboxylic acids is 1. The van der Waals surface area contributed by atoms with Crippen LogP contribution in [0.3, 0.4) is 0 Å². The SMILES string of the molecule is CCCCCCC[C@H]1CC[C@H](OC(=O)c2cc3cc(CCC)sc3s2)CC1. The van der Waals surface area contributed by atoms with Crippen molar-refractivity contribution in [3.8, 4) is 0 Å². The molecule has 0 spiro atoms. The van der Waals surface area contributed by atoms with E-state index in [0.717, 1.165) is 30.1 Å². The number of fused-ring (bicyclic) bond motifs is 1. The highest BCUT2D eigenvalue weighted by Crippen LogP contribution is 2.35. The second-order valence-corrected chi connectivity index (χ2v) is 10.5. The number of unbranched alkanes of at least 4 members (excludes halogenated alkanes) is 4. The van der Waals surface area contributed by atoms with Crippen LogP contribution in [0.2, 0.25) is 0 Å². The number of ether oxygens (including phenoxy) is 1. The first-order valence-electron chi connectivity index (χ1n) is 10.9. The third-order valence-corrected chi connectivity index (χ3v) is 8.18. The molecule has 0 aromatic carbocycles. The van der Waals surface area contributed by atoms with Crippen LogP contribution in [0.15, 0.2) is 12.1 Å². The summed E-state index contributed by atoms with van der Waals surface area (Å²) in [6.07, 6.45) is 15.2. The van der Waals surface area contributed by atoms with Crippen molar-refractivity contribution >= 4 is 38.0 Å². The van der Waals surface area contributed by atoms with E-state index >= 15 is 0 Å². The number of rotatable bonds is 10. The molecule has 2 heterocycles. The van der Waals surface area contributed by atoms with Gasteiger partial charge in [0, 0.05) is 10.3 Å². The summed E-state index contributed by atoms with van der Waals surface area (Å²) in [5.41, 5.74) is 0. The molecule has 2 aromatic heterocycles. The zero-order chi connectivity index (χ0) is 19.1. The Balaban J connectivity index is 1.41. The molecule has 0 amide bonds. The first-order chi connectivity index (χ1) is 13.2. The Kier molecular flexibility index (Phi) is 8.20. The summed E-state index contributed by atoms with van der Waals surface area (Å²) in [6, 6.07) is 4.27. The van der Waals surface area contributed by atoms with E-state index in [1.165, 1.54) is 72.1 Å². The lowest BCUT2D eigenvalue weighted by Gasteiger charge is -2.28. The van der Waals surface area contributed by atoms with Crippen LogP contribution in [-0.2, 0) is 11.2 Å². The van der Waals surface area contributed by atoms with Crippen molar-refractivity contribution in [2.45, 2.75) is 97.0 Å². The van der Waals surface area contributed by atoms with Gasteiger partial charge in [0.15, 0.2) is 0 Å². The van der Waals surface area contributed by atoms with Gasteiger partial charge in [0.2, 0.25) is 0 Å². The van der Waals surface area contributed by atoms with Crippen LogP contribution in [0.25, 0.3) is 9.40 Å². The van der Waals surface area contributed by atoms with Crippen LogP contribution in [-0.4, -0.2) is 12.1 Å². The van der Waals surface area contributed by atoms with Gasteiger partial charge in [0.1, 0.15) is 11.0 Å². The molecule has 0 N–H and O–H groups in total. The number of thiophene rings is 2. The molecular weight excluding hydrogens is 372 g/mol. The monoisotopic (exact) mass is 406 g/mol. The third kappa shape index (κ3) is 6.05. The second kappa shape index (κ2) is 10.6. The van der Waals surface area contributed by atoms with E-state index in [4.69, 9.17) is 4.74 Å². The Morgan fingerprint density at radius 3 is 2.48 bits per heavy atom. The fourth-order valence-corrected chi connectivity index (χ4v) is 6.62. The summed E-state index contributed by atoms with van der Waals surface area (Å²) < 4.78 is 7.10. The normalized spacial score (nSPS) is 20.2. The summed E-state index contributed by atoms with van der Waals surface area (Å²) in [7, 11) is 0. The molecule has 0 atom stereocenters. The van der Waals surface area contributed by atoms with Gasteiger partial charge < -0.3 is 4.74 Å². The first kappa shape index (κ1) is 20.9. The maximum atomic E-state index is 12.5. The minimum atomic E-state index is -0.108. The maximum Gasteiger partial charge on any atom is 0.348 e. The van der Waals surface area contributed by atoms with Crippen molar-refractivity contribution in [3.05, 3.63) is 21.9 Å². The summed E-state index contributed by atoms with van der Waals surface area (Å²) >= 11 is 3.43. The van der Waals surface area contributed by atoms with E-state index in [0.29, 0.717) is 0 Å². The average Bonchev–Trinajstić information content (AvgIpc) is 3.22. The first-order valence-corrected chi connectivity index (χ1v) is 12.6. The topological polar surface area (TPSA) is 26.3 Å². The summed E-state index contributed by atoms with van der Waals surface area (Å²) in [6.45, 7) is 4.48. The van der Waals surface area contributed by atoms with E-state index in [1.807, 2.05) is 17.4 Å². The van der Waals surface area contributed by atoms with Crippen LogP contribution in [0.5, 0.6) is 0 Å². The Labute approximate surface area is 172 Å². The average molecular weight is 407 g/mol. The van der Waals surface area contributed by atoms with E-state index in [1.54, 1.807) is 11.3 Å². The van der Waals surface area contributed by atoms with E-state index < -0.39 is 0 Å². The van der Waals surface area contributed by atoms with Gasteiger partial charge in [-0.05, 0) is 50.2 Å². The number of aryl methyl sites for hydroxylation is 1. The Morgan fingerprint density at radius 1 is 1.00 bits per heavy atom. The maximum absolute atomic E-state index is 12.5. The third-order valence-electron chi connectivity index (χ3n) is 5.75. The van der Waals surface area contributed by atoms with Gasteiger partial charge >= 0.3 is 5.97 Å². The standard InChI is InChI=1S/C23H34O2S2/c1-3-5-6-7-8-10-17-11-13-19(14-12-17)25-22(24)21-16-18-15-20(9-4-2)26-23(18)27-21/h15-17,19H,3-14H2,1-2H3/t17-,19-. The van der Waals surface area contributed by atoms with Gasteiger partial charge in [-0.2, -0.15) is 0 Å². The lowest BCUT2D eigenvalue weighted by Crippen LogP contribution is -2.24. The molecule has 4 heteroatoms. The fourth-order valence-electron chi connectivity index (χ4n) is 4.15. The molecule has 1 aliphatic rings. The molecule has 2 aromatic rings. The number of hydrogen-bond donors (Lipinski definition) is 0. The predicted octanol–water partition coefficient (Wildman–Crippen LogP) is 7.99. The van der Waals surface area contributed by atoms with Crippen LogP contribution in [0, 0.1) is 5.92 Å². The minimum Gasteiger partial charge on any atom is -0.458 e. The van der Waals surface area contributed by atoms with E-state index in [-0.39, 0.29) is 12.1 Å². The number of hydrogen-bond acceptors (Lipinski definition) is 4. The minimum absolute atomic E-state index is 0.108. The molecule has 3 rings (SSSR count).